The lowest BCUT2D eigenvalue weighted by atomic mass is 10.0. The molecule has 0 spiro atoms. The van der Waals surface area contributed by atoms with Crippen molar-refractivity contribution in [3.05, 3.63) is 21.5 Å². The maximum atomic E-state index is 4.56. The predicted molar refractivity (Wildman–Crippen MR) is 66.9 cm³/mol. The predicted octanol–water partition coefficient (Wildman–Crippen LogP) is 4.03. The van der Waals surface area contributed by atoms with Gasteiger partial charge in [-0.15, -0.1) is 0 Å². The van der Waals surface area contributed by atoms with Crippen LogP contribution in [0.15, 0.2) is 26.5 Å². The molecule has 2 heteroatoms. The van der Waals surface area contributed by atoms with Crippen LogP contribution in [-0.4, -0.2) is 12.3 Å². The first-order valence-corrected chi connectivity index (χ1v) is 6.05. The molecule has 0 bridgehead atoms. The van der Waals surface area contributed by atoms with Gasteiger partial charge >= 0.3 is 0 Å². The molecule has 1 heterocycles. The molecule has 1 rings (SSSR count). The van der Waals surface area contributed by atoms with E-state index in [0.717, 1.165) is 6.54 Å². The van der Waals surface area contributed by atoms with Crippen molar-refractivity contribution in [3.63, 3.8) is 0 Å². The van der Waals surface area contributed by atoms with Gasteiger partial charge in [-0.05, 0) is 37.7 Å². The second-order valence-corrected chi connectivity index (χ2v) is 4.79. The number of allylic oxidation sites excluding steroid dienone is 3. The van der Waals surface area contributed by atoms with Gasteiger partial charge in [-0.3, -0.25) is 4.99 Å². The van der Waals surface area contributed by atoms with Crippen LogP contribution in [0, 0.1) is 5.92 Å². The Morgan fingerprint density at radius 1 is 1.50 bits per heavy atom. The van der Waals surface area contributed by atoms with Crippen LogP contribution in [-0.2, 0) is 0 Å². The molecule has 78 valence electrons. The molecule has 0 saturated carbocycles. The first-order valence-electron chi connectivity index (χ1n) is 5.17. The highest BCUT2D eigenvalue weighted by Gasteiger charge is 2.19. The van der Waals surface area contributed by atoms with Crippen LogP contribution in [0.3, 0.4) is 0 Å². The van der Waals surface area contributed by atoms with Gasteiger partial charge < -0.3 is 0 Å². The minimum atomic E-state index is 0.610. The fourth-order valence-electron chi connectivity index (χ4n) is 1.33. The zero-order valence-corrected chi connectivity index (χ0v) is 10.5. The standard InChI is InChI=1S/C12H19NS/c1-6-13-11-9(4)7-14-12(11)10(5)8(2)3/h7-8H,6H2,1-5H3/b12-10-,13-11?. The van der Waals surface area contributed by atoms with Crippen molar-refractivity contribution >= 4 is 17.5 Å². The van der Waals surface area contributed by atoms with Crippen LogP contribution in [0.4, 0.5) is 0 Å². The Balaban J connectivity index is 3.05. The van der Waals surface area contributed by atoms with E-state index < -0.39 is 0 Å². The lowest BCUT2D eigenvalue weighted by Crippen LogP contribution is -2.03. The SMILES string of the molecule is CCN=C1C(C)=CS/C1=C(/C)C(C)C. The van der Waals surface area contributed by atoms with E-state index in [4.69, 9.17) is 0 Å². The van der Waals surface area contributed by atoms with E-state index in [1.165, 1.54) is 21.8 Å². The van der Waals surface area contributed by atoms with Crippen molar-refractivity contribution < 1.29 is 0 Å². The van der Waals surface area contributed by atoms with Crippen LogP contribution >= 0.6 is 11.8 Å². The molecule has 0 saturated heterocycles. The summed E-state index contributed by atoms with van der Waals surface area (Å²) < 4.78 is 0. The van der Waals surface area contributed by atoms with Gasteiger partial charge in [-0.1, -0.05) is 31.2 Å². The number of rotatable bonds is 2. The molecule has 14 heavy (non-hydrogen) atoms. The highest BCUT2D eigenvalue weighted by molar-refractivity contribution is 8.07. The largest absolute Gasteiger partial charge is 0.284 e. The van der Waals surface area contributed by atoms with Crippen molar-refractivity contribution in [2.45, 2.75) is 34.6 Å². The summed E-state index contributed by atoms with van der Waals surface area (Å²) in [6.07, 6.45) is 0. The van der Waals surface area contributed by atoms with E-state index in [0.29, 0.717) is 5.92 Å². The number of hydrogen-bond donors (Lipinski definition) is 0. The quantitative estimate of drug-likeness (QED) is 0.669. The number of nitrogens with zero attached hydrogens (tertiary/aromatic N) is 1. The first kappa shape index (κ1) is 11.6. The molecular formula is C12H19NS. The summed E-state index contributed by atoms with van der Waals surface area (Å²) in [5.74, 6) is 0.610. The number of aliphatic imine (C=N–C) groups is 1. The molecule has 1 aliphatic heterocycles. The Bertz CT molecular complexity index is 308. The minimum absolute atomic E-state index is 0.610. The summed E-state index contributed by atoms with van der Waals surface area (Å²) in [5, 5.41) is 2.20. The summed E-state index contributed by atoms with van der Waals surface area (Å²) in [6, 6.07) is 0. The second kappa shape index (κ2) is 4.83. The topological polar surface area (TPSA) is 12.4 Å². The van der Waals surface area contributed by atoms with Gasteiger partial charge in [0.1, 0.15) is 0 Å². The van der Waals surface area contributed by atoms with Gasteiger partial charge in [0.25, 0.3) is 0 Å². The van der Waals surface area contributed by atoms with Crippen molar-refractivity contribution in [1.29, 1.82) is 0 Å². The minimum Gasteiger partial charge on any atom is -0.284 e. The molecule has 0 unspecified atom stereocenters. The van der Waals surface area contributed by atoms with Gasteiger partial charge in [-0.2, -0.15) is 0 Å². The molecule has 0 fully saturated rings. The maximum Gasteiger partial charge on any atom is 0.0747 e. The lowest BCUT2D eigenvalue weighted by molar-refractivity contribution is 0.769. The molecule has 1 aliphatic rings. The van der Waals surface area contributed by atoms with Crippen molar-refractivity contribution in [1.82, 2.24) is 0 Å². The summed E-state index contributed by atoms with van der Waals surface area (Å²) in [6.45, 7) is 11.8. The zero-order valence-electron chi connectivity index (χ0n) is 9.72. The van der Waals surface area contributed by atoms with E-state index in [9.17, 15) is 0 Å². The normalized spacial score (nSPS) is 23.3. The number of thioether (sulfide) groups is 1. The molecule has 0 radical (unpaired) electrons. The van der Waals surface area contributed by atoms with E-state index in [1.54, 1.807) is 0 Å². The van der Waals surface area contributed by atoms with Crippen LogP contribution < -0.4 is 0 Å². The first-order chi connectivity index (χ1) is 6.57. The van der Waals surface area contributed by atoms with Gasteiger partial charge in [0.2, 0.25) is 0 Å². The molecule has 0 atom stereocenters. The molecule has 0 aromatic heterocycles. The highest BCUT2D eigenvalue weighted by Crippen LogP contribution is 2.35. The molecule has 0 aromatic carbocycles. The monoisotopic (exact) mass is 209 g/mol. The fraction of sp³-hybridized carbons (Fsp3) is 0.583. The molecule has 0 aromatic rings. The summed E-state index contributed by atoms with van der Waals surface area (Å²) in [7, 11) is 0. The van der Waals surface area contributed by atoms with Crippen LogP contribution in [0.25, 0.3) is 0 Å². The average molecular weight is 209 g/mol. The van der Waals surface area contributed by atoms with Gasteiger partial charge in [-0.25, -0.2) is 0 Å². The molecular weight excluding hydrogens is 190 g/mol. The molecule has 0 N–H and O–H groups in total. The third-order valence-electron chi connectivity index (χ3n) is 2.48. The highest BCUT2D eigenvalue weighted by atomic mass is 32.2. The summed E-state index contributed by atoms with van der Waals surface area (Å²) in [4.78, 5) is 5.93. The third kappa shape index (κ3) is 2.30. The van der Waals surface area contributed by atoms with E-state index >= 15 is 0 Å². The maximum absolute atomic E-state index is 4.56. The van der Waals surface area contributed by atoms with E-state index in [2.05, 4.69) is 45.0 Å². The zero-order chi connectivity index (χ0) is 10.7. The van der Waals surface area contributed by atoms with Gasteiger partial charge in [0.15, 0.2) is 0 Å². The Morgan fingerprint density at radius 3 is 2.64 bits per heavy atom. The Kier molecular flexibility index (Phi) is 3.99. The fourth-order valence-corrected chi connectivity index (χ4v) is 2.50. The Hall–Kier alpha value is -0.500. The van der Waals surface area contributed by atoms with Crippen molar-refractivity contribution in [2.75, 3.05) is 6.54 Å². The third-order valence-corrected chi connectivity index (χ3v) is 3.70. The number of hydrogen-bond acceptors (Lipinski definition) is 2. The molecule has 0 aliphatic carbocycles. The smallest absolute Gasteiger partial charge is 0.0747 e. The van der Waals surface area contributed by atoms with Crippen LogP contribution in [0.2, 0.25) is 0 Å². The Morgan fingerprint density at radius 2 is 2.14 bits per heavy atom. The molecule has 1 nitrogen and oxygen atoms in total. The Labute approximate surface area is 91.4 Å². The second-order valence-electron chi connectivity index (χ2n) is 3.91. The van der Waals surface area contributed by atoms with E-state index in [1.807, 2.05) is 11.8 Å². The van der Waals surface area contributed by atoms with Crippen LogP contribution in [0.1, 0.15) is 34.6 Å². The van der Waals surface area contributed by atoms with Gasteiger partial charge in [0, 0.05) is 11.4 Å². The molecule has 0 amide bonds. The lowest BCUT2D eigenvalue weighted by Gasteiger charge is -2.10. The van der Waals surface area contributed by atoms with Crippen LogP contribution in [0.5, 0.6) is 0 Å². The summed E-state index contributed by atoms with van der Waals surface area (Å²) >= 11 is 1.82. The van der Waals surface area contributed by atoms with Crippen molar-refractivity contribution in [3.8, 4) is 0 Å². The van der Waals surface area contributed by atoms with Crippen molar-refractivity contribution in [2.24, 2.45) is 10.9 Å². The summed E-state index contributed by atoms with van der Waals surface area (Å²) in [5.41, 5.74) is 3.98. The average Bonchev–Trinajstić information content (AvgIpc) is 2.48. The van der Waals surface area contributed by atoms with E-state index in [-0.39, 0.29) is 0 Å². The van der Waals surface area contributed by atoms with Gasteiger partial charge in [0.05, 0.1) is 5.71 Å².